The molecule has 1 aromatic heterocycles. The maximum Gasteiger partial charge on any atom is 0.416 e. The van der Waals surface area contributed by atoms with Crippen LogP contribution in [0.15, 0.2) is 60.9 Å². The van der Waals surface area contributed by atoms with E-state index in [1.165, 1.54) is 17.0 Å². The molecule has 6 nitrogen and oxygen atoms in total. The molecule has 0 radical (unpaired) electrons. The van der Waals surface area contributed by atoms with Crippen molar-refractivity contribution in [3.05, 3.63) is 72.1 Å². The number of anilines is 1. The van der Waals surface area contributed by atoms with Gasteiger partial charge in [0.25, 0.3) is 0 Å². The van der Waals surface area contributed by atoms with Gasteiger partial charge >= 0.3 is 6.18 Å². The number of fused-ring (bicyclic) bond motifs is 1. The number of pyridine rings is 1. The van der Waals surface area contributed by atoms with Gasteiger partial charge in [-0.05, 0) is 35.9 Å². The van der Waals surface area contributed by atoms with Crippen molar-refractivity contribution in [2.45, 2.75) is 24.4 Å². The molecular formula is C22H18F3N3O3. The van der Waals surface area contributed by atoms with E-state index >= 15 is 0 Å². The molecule has 4 heterocycles. The lowest BCUT2D eigenvalue weighted by atomic mass is 9.77. The third-order valence-electron chi connectivity index (χ3n) is 6.10. The summed E-state index contributed by atoms with van der Waals surface area (Å²) in [6.07, 6.45) is 1.71. The summed E-state index contributed by atoms with van der Waals surface area (Å²) in [4.78, 5) is 31.4. The molecule has 2 fully saturated rings. The number of hydrogen-bond acceptors (Lipinski definition) is 4. The van der Waals surface area contributed by atoms with Crippen molar-refractivity contribution in [1.29, 1.82) is 0 Å². The molecule has 0 aliphatic carbocycles. The Morgan fingerprint density at radius 2 is 2.03 bits per heavy atom. The summed E-state index contributed by atoms with van der Waals surface area (Å²) in [6, 6.07) is 8.18. The molecule has 2 aromatic rings. The highest BCUT2D eigenvalue weighted by molar-refractivity contribution is 6.03. The number of carbonyl (C=O) groups excluding carboxylic acids is 2. The first kappa shape index (κ1) is 19.7. The maximum atomic E-state index is 13.3. The summed E-state index contributed by atoms with van der Waals surface area (Å²) >= 11 is 0. The Morgan fingerprint density at radius 1 is 1.26 bits per heavy atom. The second kappa shape index (κ2) is 6.91. The van der Waals surface area contributed by atoms with Gasteiger partial charge in [0.1, 0.15) is 5.60 Å². The van der Waals surface area contributed by atoms with Crippen molar-refractivity contribution < 1.29 is 27.5 Å². The normalized spacial score (nSPS) is 28.8. The first-order chi connectivity index (χ1) is 14.8. The van der Waals surface area contributed by atoms with E-state index < -0.39 is 41.2 Å². The van der Waals surface area contributed by atoms with Gasteiger partial charge in [0.15, 0.2) is 0 Å². The molecule has 2 saturated heterocycles. The van der Waals surface area contributed by atoms with Crippen molar-refractivity contribution in [3.63, 3.8) is 0 Å². The fraction of sp³-hybridized carbons (Fsp3) is 0.318. The molecule has 31 heavy (non-hydrogen) atoms. The summed E-state index contributed by atoms with van der Waals surface area (Å²) in [5.41, 5.74) is -0.838. The van der Waals surface area contributed by atoms with Crippen LogP contribution < -0.4 is 10.2 Å². The van der Waals surface area contributed by atoms with Crippen molar-refractivity contribution in [2.75, 3.05) is 11.4 Å². The number of alkyl halides is 3. The predicted molar refractivity (Wildman–Crippen MR) is 104 cm³/mol. The van der Waals surface area contributed by atoms with Crippen molar-refractivity contribution >= 4 is 17.5 Å². The van der Waals surface area contributed by atoms with Crippen LogP contribution in [-0.2, 0) is 27.0 Å². The lowest BCUT2D eigenvalue weighted by Gasteiger charge is -2.23. The highest BCUT2D eigenvalue weighted by Gasteiger charge is 2.67. The molecule has 2 bridgehead atoms. The lowest BCUT2D eigenvalue weighted by molar-refractivity contribution is -0.137. The van der Waals surface area contributed by atoms with Crippen LogP contribution in [0.2, 0.25) is 0 Å². The molecule has 4 atom stereocenters. The van der Waals surface area contributed by atoms with Crippen LogP contribution in [0.3, 0.4) is 0 Å². The van der Waals surface area contributed by atoms with Crippen molar-refractivity contribution in [2.24, 2.45) is 11.8 Å². The van der Waals surface area contributed by atoms with Crippen molar-refractivity contribution in [3.8, 4) is 0 Å². The number of rotatable bonds is 4. The van der Waals surface area contributed by atoms with Crippen LogP contribution in [0.1, 0.15) is 11.1 Å². The Hall–Kier alpha value is -3.20. The lowest BCUT2D eigenvalue weighted by Crippen LogP contribution is -2.44. The summed E-state index contributed by atoms with van der Waals surface area (Å²) in [5, 5.41) is 2.84. The van der Waals surface area contributed by atoms with Crippen LogP contribution >= 0.6 is 0 Å². The second-order valence-electron chi connectivity index (χ2n) is 7.95. The molecule has 0 unspecified atom stereocenters. The standard InChI is InChI=1S/C22H18F3N3O3/c23-22(24,25)14-2-1-3-15(10-14)28-12-21-7-4-16(31-21)17(18(21)20(28)30)19(29)27-11-13-5-8-26-9-6-13/h1-10,16-18H,11-12H2,(H,27,29)/t16-,17-,18-,21+/m1/s1. The van der Waals surface area contributed by atoms with Crippen LogP contribution in [0, 0.1) is 11.8 Å². The van der Waals surface area contributed by atoms with Crippen LogP contribution in [-0.4, -0.2) is 35.0 Å². The average molecular weight is 429 g/mol. The Morgan fingerprint density at radius 3 is 2.77 bits per heavy atom. The quantitative estimate of drug-likeness (QED) is 0.759. The molecule has 1 aromatic carbocycles. The van der Waals surface area contributed by atoms with E-state index in [1.807, 2.05) is 0 Å². The minimum absolute atomic E-state index is 0.0684. The first-order valence-corrected chi connectivity index (χ1v) is 9.81. The Labute approximate surface area is 175 Å². The van der Waals surface area contributed by atoms with Gasteiger partial charge in [0.05, 0.1) is 30.0 Å². The highest BCUT2D eigenvalue weighted by Crippen LogP contribution is 2.52. The number of benzene rings is 1. The molecule has 1 spiro atoms. The first-order valence-electron chi connectivity index (χ1n) is 9.81. The summed E-state index contributed by atoms with van der Waals surface area (Å²) in [6.45, 7) is 0.346. The second-order valence-corrected chi connectivity index (χ2v) is 7.95. The number of nitrogens with one attached hydrogen (secondary N) is 1. The molecule has 1 N–H and O–H groups in total. The third-order valence-corrected chi connectivity index (χ3v) is 6.10. The van der Waals surface area contributed by atoms with Crippen LogP contribution in [0.4, 0.5) is 18.9 Å². The van der Waals surface area contributed by atoms with E-state index in [-0.39, 0.29) is 24.7 Å². The molecule has 9 heteroatoms. The molecule has 3 aliphatic rings. The van der Waals surface area contributed by atoms with Gasteiger partial charge in [-0.15, -0.1) is 0 Å². The van der Waals surface area contributed by atoms with Crippen LogP contribution in [0.5, 0.6) is 0 Å². The summed E-state index contributed by atoms with van der Waals surface area (Å²) in [5.74, 6) is -2.25. The Bertz CT molecular complexity index is 1070. The number of nitrogens with zero attached hydrogens (tertiary/aromatic N) is 2. The van der Waals surface area contributed by atoms with Crippen molar-refractivity contribution in [1.82, 2.24) is 10.3 Å². The minimum Gasteiger partial charge on any atom is -0.360 e. The van der Waals surface area contributed by atoms with E-state index in [0.717, 1.165) is 17.7 Å². The zero-order chi connectivity index (χ0) is 21.8. The van der Waals surface area contributed by atoms with Gasteiger partial charge in [-0.2, -0.15) is 13.2 Å². The fourth-order valence-electron chi connectivity index (χ4n) is 4.67. The van der Waals surface area contributed by atoms with Gasteiger partial charge in [-0.1, -0.05) is 18.2 Å². The number of ether oxygens (including phenoxy) is 1. The van der Waals surface area contributed by atoms with E-state index in [1.54, 1.807) is 36.7 Å². The predicted octanol–water partition coefficient (Wildman–Crippen LogP) is 2.70. The minimum atomic E-state index is -4.52. The molecular weight excluding hydrogens is 411 g/mol. The SMILES string of the molecule is O=C(NCc1ccncc1)[C@@H]1[C@H]2C=C[C@@]3(CN(c4cccc(C(F)(F)F)c4)C(=O)[C@@H]13)O2. The third kappa shape index (κ3) is 3.20. The summed E-state index contributed by atoms with van der Waals surface area (Å²) < 4.78 is 45.4. The topological polar surface area (TPSA) is 71.5 Å². The molecule has 2 amide bonds. The van der Waals surface area contributed by atoms with Gasteiger partial charge in [0.2, 0.25) is 11.8 Å². The monoisotopic (exact) mass is 429 g/mol. The molecule has 160 valence electrons. The molecule has 5 rings (SSSR count). The highest BCUT2D eigenvalue weighted by atomic mass is 19.4. The summed E-state index contributed by atoms with van der Waals surface area (Å²) in [7, 11) is 0. The Balaban J connectivity index is 1.39. The number of halogens is 3. The number of carbonyl (C=O) groups is 2. The van der Waals surface area contributed by atoms with E-state index in [0.29, 0.717) is 0 Å². The smallest absolute Gasteiger partial charge is 0.360 e. The Kier molecular flexibility index (Phi) is 4.40. The number of hydrogen-bond donors (Lipinski definition) is 1. The fourth-order valence-corrected chi connectivity index (χ4v) is 4.67. The van der Waals surface area contributed by atoms with E-state index in [2.05, 4.69) is 10.3 Å². The maximum absolute atomic E-state index is 13.3. The van der Waals surface area contributed by atoms with Gasteiger partial charge in [-0.3, -0.25) is 14.6 Å². The average Bonchev–Trinajstić information content (AvgIpc) is 3.40. The zero-order valence-electron chi connectivity index (χ0n) is 16.2. The van der Waals surface area contributed by atoms with Gasteiger partial charge in [-0.25, -0.2) is 0 Å². The number of aromatic nitrogens is 1. The largest absolute Gasteiger partial charge is 0.416 e. The molecule has 3 aliphatic heterocycles. The van der Waals surface area contributed by atoms with Gasteiger partial charge in [0, 0.05) is 24.6 Å². The van der Waals surface area contributed by atoms with E-state index in [4.69, 9.17) is 4.74 Å². The van der Waals surface area contributed by atoms with Gasteiger partial charge < -0.3 is 15.0 Å². The number of amides is 2. The van der Waals surface area contributed by atoms with Crippen LogP contribution in [0.25, 0.3) is 0 Å². The van der Waals surface area contributed by atoms with E-state index in [9.17, 15) is 22.8 Å². The zero-order valence-corrected chi connectivity index (χ0v) is 16.2. The molecule has 0 saturated carbocycles.